The topological polar surface area (TPSA) is 24.9 Å². The van der Waals surface area contributed by atoms with Crippen molar-refractivity contribution in [3.8, 4) is 0 Å². The van der Waals surface area contributed by atoms with E-state index in [2.05, 4.69) is 47.6 Å². The zero-order valence-corrected chi connectivity index (χ0v) is 11.6. The molecule has 1 unspecified atom stereocenters. The Morgan fingerprint density at radius 1 is 1.28 bits per heavy atom. The Bertz CT molecular complexity index is 425. The van der Waals surface area contributed by atoms with Gasteiger partial charge in [-0.25, -0.2) is 0 Å². The largest absolute Gasteiger partial charge is 0.310 e. The van der Waals surface area contributed by atoms with Crippen LogP contribution in [0.3, 0.4) is 0 Å². The van der Waals surface area contributed by atoms with Crippen LogP contribution in [0, 0.1) is 0 Å². The first-order valence-electron chi connectivity index (χ1n) is 6.56. The molecule has 0 spiro atoms. The Kier molecular flexibility index (Phi) is 5.36. The Morgan fingerprint density at radius 2 is 2.11 bits per heavy atom. The van der Waals surface area contributed by atoms with Crippen LogP contribution in [0.5, 0.6) is 0 Å². The first-order chi connectivity index (χ1) is 8.90. The lowest BCUT2D eigenvalue weighted by atomic mass is 10.0. The van der Waals surface area contributed by atoms with Crippen molar-refractivity contribution in [1.29, 1.82) is 0 Å². The van der Waals surface area contributed by atoms with E-state index >= 15 is 0 Å². The first kappa shape index (κ1) is 13.2. The third-order valence-corrected chi connectivity index (χ3v) is 3.89. The average Bonchev–Trinajstić information content (AvgIpc) is 2.92. The molecule has 0 saturated carbocycles. The van der Waals surface area contributed by atoms with Gasteiger partial charge in [0.2, 0.25) is 0 Å². The van der Waals surface area contributed by atoms with Gasteiger partial charge in [0.05, 0.1) is 5.51 Å². The fourth-order valence-electron chi connectivity index (χ4n) is 2.16. The third kappa shape index (κ3) is 3.93. The van der Waals surface area contributed by atoms with Gasteiger partial charge in [-0.3, -0.25) is 4.98 Å². The van der Waals surface area contributed by atoms with Crippen LogP contribution in [0.4, 0.5) is 0 Å². The van der Waals surface area contributed by atoms with Crippen LogP contribution in [0.1, 0.15) is 36.2 Å². The average molecular weight is 260 g/mol. The molecule has 0 amide bonds. The zero-order chi connectivity index (χ0) is 12.6. The van der Waals surface area contributed by atoms with Crippen LogP contribution in [0.25, 0.3) is 0 Å². The second kappa shape index (κ2) is 7.29. The summed E-state index contributed by atoms with van der Waals surface area (Å²) < 4.78 is 0. The third-order valence-electron chi connectivity index (χ3n) is 3.05. The molecule has 2 nitrogen and oxygen atoms in total. The lowest BCUT2D eigenvalue weighted by Gasteiger charge is -2.18. The number of aromatic nitrogens is 1. The highest BCUT2D eigenvalue weighted by Crippen LogP contribution is 2.20. The smallest absolute Gasteiger partial charge is 0.0794 e. The molecule has 18 heavy (non-hydrogen) atoms. The zero-order valence-electron chi connectivity index (χ0n) is 10.8. The second-order valence-electron chi connectivity index (χ2n) is 4.38. The molecule has 0 radical (unpaired) electrons. The van der Waals surface area contributed by atoms with Crippen molar-refractivity contribution in [2.24, 2.45) is 0 Å². The Balaban J connectivity index is 1.87. The number of rotatable bonds is 7. The summed E-state index contributed by atoms with van der Waals surface area (Å²) in [6, 6.07) is 11.2. The number of hydrogen-bond donors (Lipinski definition) is 1. The highest BCUT2D eigenvalue weighted by molar-refractivity contribution is 7.09. The molecule has 0 aliphatic heterocycles. The van der Waals surface area contributed by atoms with Crippen LogP contribution in [-0.2, 0) is 6.42 Å². The van der Waals surface area contributed by atoms with Crippen LogP contribution in [0.2, 0.25) is 0 Å². The molecule has 96 valence electrons. The molecule has 2 aromatic rings. The van der Waals surface area contributed by atoms with E-state index in [0.29, 0.717) is 6.04 Å². The molecule has 1 heterocycles. The Morgan fingerprint density at radius 3 is 2.78 bits per heavy atom. The number of hydrogen-bond acceptors (Lipinski definition) is 3. The summed E-state index contributed by atoms with van der Waals surface area (Å²) in [5, 5.41) is 3.57. The summed E-state index contributed by atoms with van der Waals surface area (Å²) in [5.74, 6) is 0. The summed E-state index contributed by atoms with van der Waals surface area (Å²) in [6.07, 6.45) is 5.50. The SMILES string of the molecule is CCNC(CCCc1cncs1)c1ccccc1. The van der Waals surface area contributed by atoms with Gasteiger partial charge < -0.3 is 5.32 Å². The van der Waals surface area contributed by atoms with E-state index < -0.39 is 0 Å². The van der Waals surface area contributed by atoms with Gasteiger partial charge in [0.25, 0.3) is 0 Å². The van der Waals surface area contributed by atoms with Gasteiger partial charge in [0, 0.05) is 17.1 Å². The maximum atomic E-state index is 4.12. The van der Waals surface area contributed by atoms with Gasteiger partial charge >= 0.3 is 0 Å². The molecule has 1 N–H and O–H groups in total. The Hall–Kier alpha value is -1.19. The van der Waals surface area contributed by atoms with Gasteiger partial charge in [-0.1, -0.05) is 37.3 Å². The van der Waals surface area contributed by atoms with E-state index in [1.807, 2.05) is 11.7 Å². The minimum Gasteiger partial charge on any atom is -0.310 e. The molecular formula is C15H20N2S. The number of nitrogens with one attached hydrogen (secondary N) is 1. The fourth-order valence-corrected chi connectivity index (χ4v) is 2.81. The van der Waals surface area contributed by atoms with Gasteiger partial charge in [0.15, 0.2) is 0 Å². The summed E-state index contributed by atoms with van der Waals surface area (Å²) in [7, 11) is 0. The quantitative estimate of drug-likeness (QED) is 0.818. The van der Waals surface area contributed by atoms with E-state index in [1.165, 1.54) is 23.3 Å². The number of nitrogens with zero attached hydrogens (tertiary/aromatic N) is 1. The minimum atomic E-state index is 0.476. The summed E-state index contributed by atoms with van der Waals surface area (Å²) in [6.45, 7) is 3.18. The van der Waals surface area contributed by atoms with Crippen molar-refractivity contribution < 1.29 is 0 Å². The monoisotopic (exact) mass is 260 g/mol. The molecule has 0 aliphatic carbocycles. The molecule has 1 atom stereocenters. The van der Waals surface area contributed by atoms with Crippen molar-refractivity contribution in [2.45, 2.75) is 32.2 Å². The standard InChI is InChI=1S/C15H20N2S/c1-2-17-15(13-7-4-3-5-8-13)10-6-9-14-11-16-12-18-14/h3-5,7-8,11-12,15,17H,2,6,9-10H2,1H3. The van der Waals surface area contributed by atoms with Gasteiger partial charge in [0.1, 0.15) is 0 Å². The summed E-state index contributed by atoms with van der Waals surface area (Å²) in [5.41, 5.74) is 3.30. The van der Waals surface area contributed by atoms with Crippen molar-refractivity contribution in [2.75, 3.05) is 6.54 Å². The van der Waals surface area contributed by atoms with E-state index in [1.54, 1.807) is 11.3 Å². The van der Waals surface area contributed by atoms with Gasteiger partial charge in [-0.15, -0.1) is 11.3 Å². The van der Waals surface area contributed by atoms with E-state index in [-0.39, 0.29) is 0 Å². The van der Waals surface area contributed by atoms with Gasteiger partial charge in [-0.2, -0.15) is 0 Å². The van der Waals surface area contributed by atoms with Crippen LogP contribution in [0.15, 0.2) is 42.0 Å². The highest BCUT2D eigenvalue weighted by atomic mass is 32.1. The molecule has 0 bridgehead atoms. The van der Waals surface area contributed by atoms with Crippen LogP contribution >= 0.6 is 11.3 Å². The molecule has 0 saturated heterocycles. The molecule has 3 heteroatoms. The molecule has 0 aliphatic rings. The van der Waals surface area contributed by atoms with Crippen molar-refractivity contribution in [3.63, 3.8) is 0 Å². The number of benzene rings is 1. The number of thiazole rings is 1. The number of aryl methyl sites for hydroxylation is 1. The maximum absolute atomic E-state index is 4.12. The second-order valence-corrected chi connectivity index (χ2v) is 5.35. The molecule has 0 fully saturated rings. The first-order valence-corrected chi connectivity index (χ1v) is 7.44. The fraction of sp³-hybridized carbons (Fsp3) is 0.400. The summed E-state index contributed by atoms with van der Waals surface area (Å²) in [4.78, 5) is 5.50. The van der Waals surface area contributed by atoms with Gasteiger partial charge in [-0.05, 0) is 31.4 Å². The van der Waals surface area contributed by atoms with Crippen LogP contribution in [-0.4, -0.2) is 11.5 Å². The normalized spacial score (nSPS) is 12.5. The summed E-state index contributed by atoms with van der Waals surface area (Å²) >= 11 is 1.75. The predicted molar refractivity (Wildman–Crippen MR) is 77.9 cm³/mol. The molecule has 1 aromatic carbocycles. The predicted octanol–water partition coefficient (Wildman–Crippen LogP) is 3.82. The van der Waals surface area contributed by atoms with E-state index in [0.717, 1.165) is 13.0 Å². The lowest BCUT2D eigenvalue weighted by Crippen LogP contribution is -2.20. The molecule has 2 rings (SSSR count). The Labute approximate surface area is 113 Å². The van der Waals surface area contributed by atoms with Crippen molar-refractivity contribution in [3.05, 3.63) is 52.5 Å². The molecule has 1 aromatic heterocycles. The van der Waals surface area contributed by atoms with Crippen molar-refractivity contribution in [1.82, 2.24) is 10.3 Å². The molecular weight excluding hydrogens is 240 g/mol. The minimum absolute atomic E-state index is 0.476. The lowest BCUT2D eigenvalue weighted by molar-refractivity contribution is 0.499. The maximum Gasteiger partial charge on any atom is 0.0794 e. The van der Waals surface area contributed by atoms with Crippen LogP contribution < -0.4 is 5.32 Å². The van der Waals surface area contributed by atoms with E-state index in [4.69, 9.17) is 0 Å². The van der Waals surface area contributed by atoms with Crippen molar-refractivity contribution >= 4 is 11.3 Å². The van der Waals surface area contributed by atoms with E-state index in [9.17, 15) is 0 Å². The highest BCUT2D eigenvalue weighted by Gasteiger charge is 2.09.